The molecule has 1 aliphatic carbocycles. The molecule has 0 bridgehead atoms. The maximum atomic E-state index is 10.8. The van der Waals surface area contributed by atoms with Gasteiger partial charge in [-0.1, -0.05) is 25.7 Å². The topological polar surface area (TPSA) is 42.1 Å². The minimum atomic E-state index is 0.701. The Morgan fingerprint density at radius 2 is 2.16 bits per heavy atom. The van der Waals surface area contributed by atoms with E-state index in [0.29, 0.717) is 5.56 Å². The van der Waals surface area contributed by atoms with Crippen molar-refractivity contribution in [3.05, 3.63) is 30.0 Å². The van der Waals surface area contributed by atoms with Gasteiger partial charge in [0, 0.05) is 28.7 Å². The van der Waals surface area contributed by atoms with E-state index in [1.54, 1.807) is 6.20 Å². The Kier molecular flexibility index (Phi) is 3.53. The first-order valence-electron chi connectivity index (χ1n) is 7.06. The van der Waals surface area contributed by atoms with Crippen molar-refractivity contribution in [2.45, 2.75) is 32.1 Å². The van der Waals surface area contributed by atoms with Gasteiger partial charge in [0.1, 0.15) is 5.75 Å². The Morgan fingerprint density at radius 3 is 2.95 bits per heavy atom. The van der Waals surface area contributed by atoms with E-state index in [1.807, 2.05) is 18.2 Å². The van der Waals surface area contributed by atoms with Crippen LogP contribution < -0.4 is 4.74 Å². The zero-order valence-corrected chi connectivity index (χ0v) is 11.0. The number of hydrogen-bond acceptors (Lipinski definition) is 2. The molecule has 1 aromatic heterocycles. The molecule has 1 aliphatic rings. The highest BCUT2D eigenvalue weighted by molar-refractivity contribution is 5.97. The number of carbonyl (C=O) groups excluding carboxylic acids is 1. The van der Waals surface area contributed by atoms with Crippen LogP contribution in [0.4, 0.5) is 0 Å². The lowest BCUT2D eigenvalue weighted by molar-refractivity contribution is 0.112. The molecule has 1 aromatic carbocycles. The molecule has 100 valence electrons. The lowest BCUT2D eigenvalue weighted by Gasteiger charge is -2.10. The van der Waals surface area contributed by atoms with E-state index in [4.69, 9.17) is 4.74 Å². The maximum absolute atomic E-state index is 10.8. The monoisotopic (exact) mass is 257 g/mol. The second-order valence-electron chi connectivity index (χ2n) is 5.36. The van der Waals surface area contributed by atoms with Crippen molar-refractivity contribution < 1.29 is 9.53 Å². The number of benzene rings is 1. The van der Waals surface area contributed by atoms with Gasteiger partial charge < -0.3 is 9.72 Å². The second-order valence-corrected chi connectivity index (χ2v) is 5.36. The SMILES string of the molecule is O=Cc1c[nH]c2cc(OCCC3CCCC3)ccc12. The summed E-state index contributed by atoms with van der Waals surface area (Å²) in [6.45, 7) is 0.789. The normalized spacial score (nSPS) is 16.0. The largest absolute Gasteiger partial charge is 0.494 e. The Balaban J connectivity index is 1.62. The molecule has 0 amide bonds. The number of fused-ring (bicyclic) bond motifs is 1. The van der Waals surface area contributed by atoms with Crippen molar-refractivity contribution in [1.82, 2.24) is 4.98 Å². The average Bonchev–Trinajstić information content (AvgIpc) is 3.07. The molecule has 3 rings (SSSR count). The van der Waals surface area contributed by atoms with Gasteiger partial charge in [-0.2, -0.15) is 0 Å². The summed E-state index contributed by atoms with van der Waals surface area (Å²) in [5, 5.41) is 0.957. The summed E-state index contributed by atoms with van der Waals surface area (Å²) in [6.07, 6.45) is 9.26. The third-order valence-corrected chi connectivity index (χ3v) is 4.08. The van der Waals surface area contributed by atoms with Crippen LogP contribution in [0, 0.1) is 5.92 Å². The molecule has 1 N–H and O–H groups in total. The van der Waals surface area contributed by atoms with E-state index in [2.05, 4.69) is 4.98 Å². The molecule has 0 unspecified atom stereocenters. The zero-order valence-electron chi connectivity index (χ0n) is 11.0. The average molecular weight is 257 g/mol. The molecule has 1 fully saturated rings. The summed E-state index contributed by atoms with van der Waals surface area (Å²) in [5.74, 6) is 1.74. The lowest BCUT2D eigenvalue weighted by atomic mass is 10.1. The van der Waals surface area contributed by atoms with Crippen LogP contribution in [0.25, 0.3) is 10.9 Å². The minimum absolute atomic E-state index is 0.701. The quantitative estimate of drug-likeness (QED) is 0.824. The number of nitrogens with one attached hydrogen (secondary N) is 1. The number of H-pyrrole nitrogens is 1. The lowest BCUT2D eigenvalue weighted by Crippen LogP contribution is -2.03. The van der Waals surface area contributed by atoms with Gasteiger partial charge in [0.15, 0.2) is 6.29 Å². The van der Waals surface area contributed by atoms with E-state index in [1.165, 1.54) is 25.7 Å². The number of rotatable bonds is 5. The smallest absolute Gasteiger partial charge is 0.152 e. The molecule has 0 spiro atoms. The van der Waals surface area contributed by atoms with E-state index in [9.17, 15) is 4.79 Å². The van der Waals surface area contributed by atoms with Gasteiger partial charge in [0.05, 0.1) is 6.61 Å². The van der Waals surface area contributed by atoms with Gasteiger partial charge in [-0.15, -0.1) is 0 Å². The van der Waals surface area contributed by atoms with Gasteiger partial charge >= 0.3 is 0 Å². The highest BCUT2D eigenvalue weighted by Gasteiger charge is 2.14. The number of aromatic nitrogens is 1. The fraction of sp³-hybridized carbons (Fsp3) is 0.438. The maximum Gasteiger partial charge on any atom is 0.152 e. The van der Waals surface area contributed by atoms with Gasteiger partial charge in [-0.25, -0.2) is 0 Å². The molecule has 3 nitrogen and oxygen atoms in total. The first-order valence-corrected chi connectivity index (χ1v) is 7.06. The molecule has 0 radical (unpaired) electrons. The fourth-order valence-electron chi connectivity index (χ4n) is 2.96. The molecule has 0 atom stereocenters. The Bertz CT molecular complexity index is 567. The molecule has 1 heterocycles. The van der Waals surface area contributed by atoms with Crippen molar-refractivity contribution in [1.29, 1.82) is 0 Å². The van der Waals surface area contributed by atoms with E-state index in [0.717, 1.165) is 41.9 Å². The van der Waals surface area contributed by atoms with Crippen LogP contribution in [0.1, 0.15) is 42.5 Å². The summed E-state index contributed by atoms with van der Waals surface area (Å²) >= 11 is 0. The molecular formula is C16H19NO2. The number of carbonyl (C=O) groups is 1. The summed E-state index contributed by atoms with van der Waals surface area (Å²) < 4.78 is 5.81. The van der Waals surface area contributed by atoms with Crippen LogP contribution in [-0.2, 0) is 0 Å². The van der Waals surface area contributed by atoms with Crippen LogP contribution in [0.3, 0.4) is 0 Å². The molecule has 1 saturated carbocycles. The van der Waals surface area contributed by atoms with Crippen LogP contribution in [0.15, 0.2) is 24.4 Å². The predicted octanol–water partition coefficient (Wildman–Crippen LogP) is 3.94. The van der Waals surface area contributed by atoms with E-state index < -0.39 is 0 Å². The van der Waals surface area contributed by atoms with Crippen LogP contribution in [-0.4, -0.2) is 17.9 Å². The number of hydrogen-bond donors (Lipinski definition) is 1. The third kappa shape index (κ3) is 2.65. The van der Waals surface area contributed by atoms with Crippen molar-refractivity contribution in [2.75, 3.05) is 6.61 Å². The van der Waals surface area contributed by atoms with Gasteiger partial charge in [-0.05, 0) is 24.5 Å². The van der Waals surface area contributed by atoms with E-state index >= 15 is 0 Å². The first kappa shape index (κ1) is 12.3. The van der Waals surface area contributed by atoms with Crippen molar-refractivity contribution in [3.63, 3.8) is 0 Å². The standard InChI is InChI=1S/C16H19NO2/c18-11-13-10-17-16-9-14(5-6-15(13)16)19-8-7-12-3-1-2-4-12/h5-6,9-12,17H,1-4,7-8H2. The van der Waals surface area contributed by atoms with Gasteiger partial charge in [0.2, 0.25) is 0 Å². The number of aromatic amines is 1. The Morgan fingerprint density at radius 1 is 1.32 bits per heavy atom. The highest BCUT2D eigenvalue weighted by atomic mass is 16.5. The Labute approximate surface area is 113 Å². The molecule has 19 heavy (non-hydrogen) atoms. The number of aldehydes is 1. The van der Waals surface area contributed by atoms with Gasteiger partial charge in [0.25, 0.3) is 0 Å². The van der Waals surface area contributed by atoms with Crippen LogP contribution in [0.5, 0.6) is 5.75 Å². The molecular weight excluding hydrogens is 238 g/mol. The summed E-state index contributed by atoms with van der Waals surface area (Å²) in [6, 6.07) is 5.86. The second kappa shape index (κ2) is 5.47. The highest BCUT2D eigenvalue weighted by Crippen LogP contribution is 2.28. The zero-order chi connectivity index (χ0) is 13.1. The molecule has 2 aromatic rings. The van der Waals surface area contributed by atoms with Crippen LogP contribution in [0.2, 0.25) is 0 Å². The molecule has 0 aliphatic heterocycles. The van der Waals surface area contributed by atoms with E-state index in [-0.39, 0.29) is 0 Å². The Hall–Kier alpha value is -1.77. The van der Waals surface area contributed by atoms with Gasteiger partial charge in [-0.3, -0.25) is 4.79 Å². The summed E-state index contributed by atoms with van der Waals surface area (Å²) in [7, 11) is 0. The molecule has 0 saturated heterocycles. The van der Waals surface area contributed by atoms with Crippen LogP contribution >= 0.6 is 0 Å². The first-order chi connectivity index (χ1) is 9.36. The summed E-state index contributed by atoms with van der Waals surface area (Å²) in [4.78, 5) is 13.9. The van der Waals surface area contributed by atoms with Crippen molar-refractivity contribution in [2.24, 2.45) is 5.92 Å². The third-order valence-electron chi connectivity index (χ3n) is 4.08. The number of ether oxygens (including phenoxy) is 1. The van der Waals surface area contributed by atoms with Crippen molar-refractivity contribution >= 4 is 17.2 Å². The molecule has 3 heteroatoms. The van der Waals surface area contributed by atoms with Crippen molar-refractivity contribution in [3.8, 4) is 5.75 Å². The minimum Gasteiger partial charge on any atom is -0.494 e. The summed E-state index contributed by atoms with van der Waals surface area (Å²) in [5.41, 5.74) is 1.66. The fourth-order valence-corrected chi connectivity index (χ4v) is 2.96. The predicted molar refractivity (Wildman–Crippen MR) is 75.8 cm³/mol.